The van der Waals surface area contributed by atoms with Gasteiger partial charge in [0, 0.05) is 6.20 Å². The number of hydrogen-bond acceptors (Lipinski definition) is 4. The third-order valence-electron chi connectivity index (χ3n) is 4.50. The van der Waals surface area contributed by atoms with Gasteiger partial charge in [-0.3, -0.25) is 10.0 Å². The van der Waals surface area contributed by atoms with E-state index in [1.54, 1.807) is 0 Å². The zero-order valence-corrected chi connectivity index (χ0v) is 13.9. The third-order valence-corrected chi connectivity index (χ3v) is 4.50. The van der Waals surface area contributed by atoms with E-state index in [0.29, 0.717) is 0 Å². The molecule has 3 rings (SSSR count). The predicted octanol–water partition coefficient (Wildman–Crippen LogP) is 4.36. The number of halogens is 6. The Morgan fingerprint density at radius 2 is 1.75 bits per heavy atom. The van der Waals surface area contributed by atoms with Crippen molar-refractivity contribution in [2.24, 2.45) is 0 Å². The molecule has 150 valence electrons. The summed E-state index contributed by atoms with van der Waals surface area (Å²) in [5, 5.41) is 8.48. The van der Waals surface area contributed by atoms with Crippen LogP contribution >= 0.6 is 0 Å². The molecule has 2 N–H and O–H groups in total. The van der Waals surface area contributed by atoms with E-state index in [1.807, 2.05) is 0 Å². The molecule has 1 saturated carbocycles. The van der Waals surface area contributed by atoms with Crippen molar-refractivity contribution in [1.29, 1.82) is 0 Å². The molecule has 1 aromatic carbocycles. The number of pyridine rings is 1. The molecule has 11 heteroatoms. The van der Waals surface area contributed by atoms with Crippen molar-refractivity contribution in [1.82, 2.24) is 10.5 Å². The molecule has 0 aliphatic heterocycles. The fourth-order valence-corrected chi connectivity index (χ4v) is 2.82. The van der Waals surface area contributed by atoms with Crippen molar-refractivity contribution in [3.8, 4) is 11.6 Å². The average molecular weight is 406 g/mol. The number of nitrogens with one attached hydrogen (secondary N) is 1. The van der Waals surface area contributed by atoms with Gasteiger partial charge in [0.25, 0.3) is 11.8 Å². The Labute approximate surface area is 153 Å². The van der Waals surface area contributed by atoms with Crippen LogP contribution in [0.3, 0.4) is 0 Å². The number of amides is 1. The summed E-state index contributed by atoms with van der Waals surface area (Å²) >= 11 is 0. The molecule has 28 heavy (non-hydrogen) atoms. The van der Waals surface area contributed by atoms with Gasteiger partial charge in [-0.25, -0.2) is 14.9 Å². The minimum absolute atomic E-state index is 0.0550. The van der Waals surface area contributed by atoms with E-state index < -0.39 is 35.1 Å². The molecule has 0 atom stereocenters. The Hall–Kier alpha value is -2.82. The summed E-state index contributed by atoms with van der Waals surface area (Å²) in [4.78, 5) is 14.7. The standard InChI is InChI=1S/C17H12F6N2O3/c18-12-7-9(13(26)25-27)8-24-14(12)28-11-3-1-10(2-4-11)15(5-6-15)16(19,20)17(21,22)23/h1-4,7-8,27H,5-6H2,(H,25,26). The van der Waals surface area contributed by atoms with Crippen molar-refractivity contribution >= 4 is 5.91 Å². The molecule has 1 aliphatic carbocycles. The lowest BCUT2D eigenvalue weighted by molar-refractivity contribution is -0.296. The molecular weight excluding hydrogens is 394 g/mol. The minimum atomic E-state index is -5.67. The zero-order valence-electron chi connectivity index (χ0n) is 13.9. The van der Waals surface area contributed by atoms with Gasteiger partial charge in [-0.15, -0.1) is 0 Å². The van der Waals surface area contributed by atoms with Crippen LogP contribution in [0.4, 0.5) is 26.3 Å². The molecule has 1 amide bonds. The second kappa shape index (κ2) is 6.66. The molecule has 1 aromatic heterocycles. The molecule has 0 spiro atoms. The average Bonchev–Trinajstić information content (AvgIpc) is 3.45. The highest BCUT2D eigenvalue weighted by Gasteiger charge is 2.75. The van der Waals surface area contributed by atoms with E-state index in [2.05, 4.69) is 4.98 Å². The first-order valence-corrected chi connectivity index (χ1v) is 7.85. The topological polar surface area (TPSA) is 71.5 Å². The highest BCUT2D eigenvalue weighted by Crippen LogP contribution is 2.63. The maximum absolute atomic E-state index is 13.9. The Kier molecular flexibility index (Phi) is 4.74. The van der Waals surface area contributed by atoms with Gasteiger partial charge in [0.15, 0.2) is 5.82 Å². The van der Waals surface area contributed by atoms with Crippen molar-refractivity contribution in [2.45, 2.75) is 30.4 Å². The van der Waals surface area contributed by atoms with Crippen LogP contribution < -0.4 is 10.2 Å². The van der Waals surface area contributed by atoms with E-state index in [0.717, 1.165) is 36.5 Å². The van der Waals surface area contributed by atoms with E-state index in [1.165, 1.54) is 5.48 Å². The lowest BCUT2D eigenvalue weighted by atomic mass is 9.88. The van der Waals surface area contributed by atoms with E-state index in [4.69, 9.17) is 9.94 Å². The maximum atomic E-state index is 13.9. The van der Waals surface area contributed by atoms with Gasteiger partial charge in [0.1, 0.15) is 5.75 Å². The summed E-state index contributed by atoms with van der Waals surface area (Å²) in [6.07, 6.45) is -5.38. The molecule has 0 bridgehead atoms. The largest absolute Gasteiger partial charge is 0.454 e. The SMILES string of the molecule is O=C(NO)c1cnc(Oc2ccc(C3(C(F)(F)C(F)(F)F)CC3)cc2)c(F)c1. The number of hydroxylamine groups is 1. The van der Waals surface area contributed by atoms with Gasteiger partial charge in [0.05, 0.1) is 11.0 Å². The molecule has 1 fully saturated rings. The number of nitrogens with zero attached hydrogens (tertiary/aromatic N) is 1. The number of alkyl halides is 5. The zero-order chi connectivity index (χ0) is 20.7. The van der Waals surface area contributed by atoms with Gasteiger partial charge in [0.2, 0.25) is 0 Å². The molecule has 1 heterocycles. The summed E-state index contributed by atoms with van der Waals surface area (Å²) in [7, 11) is 0. The molecule has 5 nitrogen and oxygen atoms in total. The van der Waals surface area contributed by atoms with Crippen LogP contribution in [0, 0.1) is 5.82 Å². The normalized spacial score (nSPS) is 15.8. The third kappa shape index (κ3) is 3.26. The van der Waals surface area contributed by atoms with Crippen molar-refractivity contribution < 1.29 is 41.1 Å². The van der Waals surface area contributed by atoms with E-state index in [-0.39, 0.29) is 29.7 Å². The molecule has 0 saturated heterocycles. The smallest absolute Gasteiger partial charge is 0.436 e. The number of carbonyl (C=O) groups is 1. The van der Waals surface area contributed by atoms with Crippen LogP contribution in [0.2, 0.25) is 0 Å². The van der Waals surface area contributed by atoms with Crippen LogP contribution in [-0.2, 0) is 5.41 Å². The number of aromatic nitrogens is 1. The van der Waals surface area contributed by atoms with Crippen LogP contribution in [0.25, 0.3) is 0 Å². The van der Waals surface area contributed by atoms with Crippen LogP contribution in [0.5, 0.6) is 11.6 Å². The number of benzene rings is 1. The quantitative estimate of drug-likeness (QED) is 0.440. The molecule has 0 unspecified atom stereocenters. The highest BCUT2D eigenvalue weighted by molar-refractivity contribution is 5.93. The second-order valence-corrected chi connectivity index (χ2v) is 6.23. The minimum Gasteiger partial charge on any atom is -0.436 e. The summed E-state index contributed by atoms with van der Waals surface area (Å²) in [5.74, 6) is -7.53. The molecule has 1 aliphatic rings. The summed E-state index contributed by atoms with van der Waals surface area (Å²) in [6.45, 7) is 0. The summed E-state index contributed by atoms with van der Waals surface area (Å²) in [6, 6.07) is 5.11. The van der Waals surface area contributed by atoms with Gasteiger partial charge in [-0.1, -0.05) is 12.1 Å². The van der Waals surface area contributed by atoms with E-state index in [9.17, 15) is 31.1 Å². The first-order valence-electron chi connectivity index (χ1n) is 7.85. The van der Waals surface area contributed by atoms with Crippen LogP contribution in [-0.4, -0.2) is 28.2 Å². The fourth-order valence-electron chi connectivity index (χ4n) is 2.82. The van der Waals surface area contributed by atoms with Crippen molar-refractivity contribution in [3.63, 3.8) is 0 Å². The number of rotatable bonds is 5. The van der Waals surface area contributed by atoms with Crippen LogP contribution in [0.15, 0.2) is 36.5 Å². The maximum Gasteiger partial charge on any atom is 0.454 e. The van der Waals surface area contributed by atoms with Crippen molar-refractivity contribution in [2.75, 3.05) is 0 Å². The Bertz CT molecular complexity index is 895. The Morgan fingerprint density at radius 3 is 2.21 bits per heavy atom. The first-order chi connectivity index (χ1) is 13.0. The number of hydrogen-bond donors (Lipinski definition) is 2. The van der Waals surface area contributed by atoms with Gasteiger partial charge < -0.3 is 4.74 Å². The summed E-state index contributed by atoms with van der Waals surface area (Å²) < 4.78 is 84.8. The Balaban J connectivity index is 1.80. The second-order valence-electron chi connectivity index (χ2n) is 6.23. The van der Waals surface area contributed by atoms with Gasteiger partial charge in [-0.05, 0) is 36.6 Å². The van der Waals surface area contributed by atoms with Crippen molar-refractivity contribution in [3.05, 3.63) is 53.5 Å². The lowest BCUT2D eigenvalue weighted by Gasteiger charge is -2.29. The molecular formula is C17H12F6N2O3. The number of carbonyl (C=O) groups excluding carboxylic acids is 1. The van der Waals surface area contributed by atoms with E-state index >= 15 is 0 Å². The first kappa shape index (κ1) is 19.9. The highest BCUT2D eigenvalue weighted by atomic mass is 19.4. The van der Waals surface area contributed by atoms with Gasteiger partial charge >= 0.3 is 12.1 Å². The van der Waals surface area contributed by atoms with Crippen LogP contribution in [0.1, 0.15) is 28.8 Å². The Morgan fingerprint density at radius 1 is 1.14 bits per heavy atom. The fraction of sp³-hybridized carbons (Fsp3) is 0.294. The molecule has 0 radical (unpaired) electrons. The monoisotopic (exact) mass is 406 g/mol. The number of ether oxygens (including phenoxy) is 1. The summed E-state index contributed by atoms with van der Waals surface area (Å²) in [5.41, 5.74) is -1.50. The molecule has 2 aromatic rings. The predicted molar refractivity (Wildman–Crippen MR) is 81.9 cm³/mol. The van der Waals surface area contributed by atoms with Gasteiger partial charge in [-0.2, -0.15) is 22.0 Å². The lowest BCUT2D eigenvalue weighted by Crippen LogP contribution is -2.47.